The van der Waals surface area contributed by atoms with E-state index in [1.807, 2.05) is 24.3 Å². The number of hydrogen-bond donors (Lipinski definition) is 2. The van der Waals surface area contributed by atoms with Crippen molar-refractivity contribution >= 4 is 25.8 Å². The zero-order valence-electron chi connectivity index (χ0n) is 11.7. The average Bonchev–Trinajstić information content (AvgIpc) is 2.42. The molecule has 1 aliphatic rings. The van der Waals surface area contributed by atoms with Crippen LogP contribution in [0, 0.1) is 0 Å². The van der Waals surface area contributed by atoms with E-state index in [2.05, 4.69) is 21.2 Å². The van der Waals surface area contributed by atoms with Crippen molar-refractivity contribution in [3.05, 3.63) is 28.7 Å². The molecular formula is C14H20BrNO4S. The first-order chi connectivity index (χ1) is 9.94. The fourth-order valence-electron chi connectivity index (χ4n) is 2.29. The van der Waals surface area contributed by atoms with E-state index in [1.165, 1.54) is 0 Å². The van der Waals surface area contributed by atoms with Crippen LogP contribution in [0.5, 0.6) is 5.75 Å². The van der Waals surface area contributed by atoms with Gasteiger partial charge in [0.05, 0.1) is 11.5 Å². The predicted octanol–water partition coefficient (Wildman–Crippen LogP) is 1.36. The van der Waals surface area contributed by atoms with Crippen molar-refractivity contribution in [1.29, 1.82) is 0 Å². The molecule has 0 aromatic heterocycles. The standard InChI is InChI=1S/C14H20BrNO4S/c15-11-3-1-5-14(7-11)20-9-13(17)8-16-12-4-2-6-21(18,19)10-12/h1,3,5,7,12-13,16-17H,2,4,6,8-10H2. The number of aliphatic hydroxyl groups is 1. The Morgan fingerprint density at radius 2 is 2.29 bits per heavy atom. The Morgan fingerprint density at radius 1 is 1.48 bits per heavy atom. The number of hydrogen-bond acceptors (Lipinski definition) is 5. The van der Waals surface area contributed by atoms with Gasteiger partial charge in [0.25, 0.3) is 0 Å². The molecule has 0 aliphatic carbocycles. The number of nitrogens with one attached hydrogen (secondary N) is 1. The zero-order chi connectivity index (χ0) is 15.3. The maximum absolute atomic E-state index is 11.5. The van der Waals surface area contributed by atoms with Crippen molar-refractivity contribution in [2.45, 2.75) is 25.0 Å². The second-order valence-corrected chi connectivity index (χ2v) is 8.43. The first kappa shape index (κ1) is 16.7. The van der Waals surface area contributed by atoms with E-state index in [0.717, 1.165) is 10.9 Å². The number of ether oxygens (including phenoxy) is 1. The Bertz CT molecular complexity index is 564. The van der Waals surface area contributed by atoms with Crippen molar-refractivity contribution in [2.75, 3.05) is 24.7 Å². The molecule has 1 heterocycles. The lowest BCUT2D eigenvalue weighted by molar-refractivity contribution is 0.104. The van der Waals surface area contributed by atoms with E-state index < -0.39 is 15.9 Å². The third-order valence-corrected chi connectivity index (χ3v) is 5.66. The smallest absolute Gasteiger partial charge is 0.151 e. The molecule has 1 aromatic rings. The van der Waals surface area contributed by atoms with E-state index in [9.17, 15) is 13.5 Å². The quantitative estimate of drug-likeness (QED) is 0.782. The van der Waals surface area contributed by atoms with Crippen LogP contribution in [0.1, 0.15) is 12.8 Å². The van der Waals surface area contributed by atoms with Crippen molar-refractivity contribution in [1.82, 2.24) is 5.32 Å². The third kappa shape index (κ3) is 5.94. The van der Waals surface area contributed by atoms with Gasteiger partial charge in [-0.3, -0.25) is 0 Å². The van der Waals surface area contributed by atoms with Crippen LogP contribution in [0.15, 0.2) is 28.7 Å². The Labute approximate surface area is 133 Å². The second-order valence-electron chi connectivity index (χ2n) is 5.28. The first-order valence-corrected chi connectivity index (χ1v) is 9.56. The molecule has 1 fully saturated rings. The number of benzene rings is 1. The summed E-state index contributed by atoms with van der Waals surface area (Å²) in [6.07, 6.45) is 0.844. The number of halogens is 1. The summed E-state index contributed by atoms with van der Waals surface area (Å²) in [7, 11) is -2.92. The largest absolute Gasteiger partial charge is 0.491 e. The Hall–Kier alpha value is -0.630. The third-order valence-electron chi connectivity index (χ3n) is 3.34. The summed E-state index contributed by atoms with van der Waals surface area (Å²) in [5, 5.41) is 13.0. The summed E-state index contributed by atoms with van der Waals surface area (Å²) in [5.41, 5.74) is 0. The predicted molar refractivity (Wildman–Crippen MR) is 85.3 cm³/mol. The van der Waals surface area contributed by atoms with Crippen LogP contribution < -0.4 is 10.1 Å². The molecule has 2 rings (SSSR count). The lowest BCUT2D eigenvalue weighted by Crippen LogP contribution is -2.44. The van der Waals surface area contributed by atoms with Gasteiger partial charge in [-0.05, 0) is 31.0 Å². The minimum absolute atomic E-state index is 0.0655. The zero-order valence-corrected chi connectivity index (χ0v) is 14.1. The fraction of sp³-hybridized carbons (Fsp3) is 0.571. The van der Waals surface area contributed by atoms with Crippen LogP contribution in [-0.2, 0) is 9.84 Å². The molecule has 21 heavy (non-hydrogen) atoms. The van der Waals surface area contributed by atoms with E-state index in [-0.39, 0.29) is 24.2 Å². The highest BCUT2D eigenvalue weighted by Crippen LogP contribution is 2.17. The molecule has 0 bridgehead atoms. The summed E-state index contributed by atoms with van der Waals surface area (Å²) in [6, 6.07) is 7.34. The lowest BCUT2D eigenvalue weighted by atomic mass is 10.2. The summed E-state index contributed by atoms with van der Waals surface area (Å²) in [5.74, 6) is 1.12. The van der Waals surface area contributed by atoms with Crippen LogP contribution in [0.25, 0.3) is 0 Å². The number of sulfone groups is 1. The summed E-state index contributed by atoms with van der Waals surface area (Å²) < 4.78 is 29.4. The molecule has 0 spiro atoms. The van der Waals surface area contributed by atoms with Crippen molar-refractivity contribution in [3.8, 4) is 5.75 Å². The van der Waals surface area contributed by atoms with Gasteiger partial charge in [-0.15, -0.1) is 0 Å². The maximum atomic E-state index is 11.5. The molecular weight excluding hydrogens is 358 g/mol. The first-order valence-electron chi connectivity index (χ1n) is 6.95. The van der Waals surface area contributed by atoms with Gasteiger partial charge in [-0.25, -0.2) is 8.42 Å². The Morgan fingerprint density at radius 3 is 3.00 bits per heavy atom. The summed E-state index contributed by atoms with van der Waals surface area (Å²) in [6.45, 7) is 0.497. The van der Waals surface area contributed by atoms with Crippen molar-refractivity contribution < 1.29 is 18.3 Å². The van der Waals surface area contributed by atoms with Crippen molar-refractivity contribution in [3.63, 3.8) is 0 Å². The fourth-order valence-corrected chi connectivity index (χ4v) is 4.34. The van der Waals surface area contributed by atoms with Crippen LogP contribution in [0.3, 0.4) is 0 Å². The van der Waals surface area contributed by atoms with Gasteiger partial charge in [0.2, 0.25) is 0 Å². The normalized spacial score (nSPS) is 22.7. The highest BCUT2D eigenvalue weighted by atomic mass is 79.9. The SMILES string of the molecule is O=S1(=O)CCCC(NCC(O)COc2cccc(Br)c2)C1. The molecule has 2 N–H and O–H groups in total. The maximum Gasteiger partial charge on any atom is 0.151 e. The minimum Gasteiger partial charge on any atom is -0.491 e. The van der Waals surface area contributed by atoms with Crippen LogP contribution >= 0.6 is 15.9 Å². The van der Waals surface area contributed by atoms with Gasteiger partial charge in [0, 0.05) is 17.1 Å². The van der Waals surface area contributed by atoms with Gasteiger partial charge in [-0.1, -0.05) is 22.0 Å². The molecule has 1 saturated heterocycles. The average molecular weight is 378 g/mol. The lowest BCUT2D eigenvalue weighted by Gasteiger charge is -2.24. The van der Waals surface area contributed by atoms with Crippen molar-refractivity contribution in [2.24, 2.45) is 0 Å². The summed E-state index contributed by atoms with van der Waals surface area (Å²) in [4.78, 5) is 0. The van der Waals surface area contributed by atoms with Crippen LogP contribution in [0.2, 0.25) is 0 Å². The second kappa shape index (κ2) is 7.58. The molecule has 0 amide bonds. The van der Waals surface area contributed by atoms with Gasteiger partial charge < -0.3 is 15.2 Å². The van der Waals surface area contributed by atoms with Gasteiger partial charge >= 0.3 is 0 Å². The van der Waals surface area contributed by atoms with Crippen LogP contribution in [0.4, 0.5) is 0 Å². The van der Waals surface area contributed by atoms with Gasteiger partial charge in [0.1, 0.15) is 18.5 Å². The van der Waals surface area contributed by atoms with Crippen LogP contribution in [-0.4, -0.2) is 50.3 Å². The van der Waals surface area contributed by atoms with E-state index in [1.54, 1.807) is 0 Å². The van der Waals surface area contributed by atoms with E-state index >= 15 is 0 Å². The highest BCUT2D eigenvalue weighted by molar-refractivity contribution is 9.10. The number of aliphatic hydroxyl groups excluding tert-OH is 1. The minimum atomic E-state index is -2.92. The molecule has 118 valence electrons. The molecule has 0 radical (unpaired) electrons. The number of rotatable bonds is 6. The Balaban J connectivity index is 1.71. The molecule has 1 aliphatic heterocycles. The molecule has 5 nitrogen and oxygen atoms in total. The summed E-state index contributed by atoms with van der Waals surface area (Å²) >= 11 is 3.35. The molecule has 2 unspecified atom stereocenters. The molecule has 0 saturated carbocycles. The Kier molecular flexibility index (Phi) is 6.04. The molecule has 1 aromatic carbocycles. The van der Waals surface area contributed by atoms with Gasteiger partial charge in [0.15, 0.2) is 9.84 Å². The molecule has 7 heteroatoms. The van der Waals surface area contributed by atoms with E-state index in [4.69, 9.17) is 4.74 Å². The topological polar surface area (TPSA) is 75.6 Å². The highest BCUT2D eigenvalue weighted by Gasteiger charge is 2.24. The monoisotopic (exact) mass is 377 g/mol. The molecule has 2 atom stereocenters. The van der Waals surface area contributed by atoms with Gasteiger partial charge in [-0.2, -0.15) is 0 Å². The van der Waals surface area contributed by atoms with E-state index in [0.29, 0.717) is 18.7 Å².